The quantitative estimate of drug-likeness (QED) is 0.916. The smallest absolute Gasteiger partial charge is 0.133 e. The van der Waals surface area contributed by atoms with Crippen molar-refractivity contribution in [3.05, 3.63) is 65.2 Å². The summed E-state index contributed by atoms with van der Waals surface area (Å²) in [5.74, 6) is 0.904. The maximum atomic E-state index is 10.6. The fourth-order valence-corrected chi connectivity index (χ4v) is 2.82. The number of fused-ring (bicyclic) bond motifs is 1. The molecule has 2 nitrogen and oxygen atoms in total. The van der Waals surface area contributed by atoms with Crippen LogP contribution in [-0.2, 0) is 12.8 Å². The van der Waals surface area contributed by atoms with Crippen LogP contribution in [0.25, 0.3) is 0 Å². The molecule has 2 unspecified atom stereocenters. The predicted octanol–water partition coefficient (Wildman–Crippen LogP) is 3.68. The van der Waals surface area contributed by atoms with Gasteiger partial charge in [0.2, 0.25) is 0 Å². The van der Waals surface area contributed by atoms with Gasteiger partial charge in [-0.15, -0.1) is 0 Å². The van der Waals surface area contributed by atoms with Crippen LogP contribution in [0.15, 0.2) is 48.5 Å². The molecule has 2 aromatic rings. The Balaban J connectivity index is 1.77. The van der Waals surface area contributed by atoms with E-state index in [1.807, 2.05) is 30.3 Å². The molecule has 0 saturated carbocycles. The monoisotopic (exact) mass is 268 g/mol. The van der Waals surface area contributed by atoms with Crippen LogP contribution in [0.5, 0.6) is 5.75 Å². The molecule has 0 bridgehead atoms. The van der Waals surface area contributed by atoms with Crippen LogP contribution in [-0.4, -0.2) is 11.2 Å². The number of hydrogen-bond donors (Lipinski definition) is 1. The zero-order valence-corrected chi connectivity index (χ0v) is 11.8. The number of benzene rings is 2. The summed E-state index contributed by atoms with van der Waals surface area (Å²) in [5.41, 5.74) is 3.41. The molecule has 20 heavy (non-hydrogen) atoms. The summed E-state index contributed by atoms with van der Waals surface area (Å²) in [6, 6.07) is 16.2. The molecule has 0 radical (unpaired) electrons. The number of rotatable bonds is 4. The Morgan fingerprint density at radius 3 is 2.85 bits per heavy atom. The van der Waals surface area contributed by atoms with E-state index in [-0.39, 0.29) is 6.10 Å². The topological polar surface area (TPSA) is 29.5 Å². The lowest BCUT2D eigenvalue weighted by Gasteiger charge is -2.19. The Morgan fingerprint density at radius 1 is 1.20 bits per heavy atom. The van der Waals surface area contributed by atoms with Gasteiger partial charge in [0.05, 0.1) is 0 Å². The van der Waals surface area contributed by atoms with Crippen molar-refractivity contribution in [2.24, 2.45) is 0 Å². The average Bonchev–Trinajstić information content (AvgIpc) is 2.91. The molecule has 1 aliphatic heterocycles. The zero-order valence-electron chi connectivity index (χ0n) is 11.8. The molecule has 0 fully saturated rings. The molecule has 3 rings (SSSR count). The molecule has 0 aromatic heterocycles. The second kappa shape index (κ2) is 5.68. The Kier molecular flexibility index (Phi) is 3.75. The van der Waals surface area contributed by atoms with Crippen LogP contribution in [0.4, 0.5) is 0 Å². The lowest BCUT2D eigenvalue weighted by atomic mass is 9.98. The molecule has 0 spiro atoms. The molecule has 2 heteroatoms. The number of para-hydroxylation sites is 1. The van der Waals surface area contributed by atoms with Crippen LogP contribution in [0.1, 0.15) is 36.1 Å². The highest BCUT2D eigenvalue weighted by molar-refractivity contribution is 5.38. The van der Waals surface area contributed by atoms with Crippen molar-refractivity contribution >= 4 is 0 Å². The number of ether oxygens (including phenoxy) is 1. The van der Waals surface area contributed by atoms with E-state index in [0.29, 0.717) is 0 Å². The number of hydrogen-bond acceptors (Lipinski definition) is 2. The van der Waals surface area contributed by atoms with Gasteiger partial charge in [0.15, 0.2) is 0 Å². The first-order chi connectivity index (χ1) is 9.78. The SMILES string of the molecule is CCCc1cccc(C(O)C2Cc3ccccc3O2)c1. The van der Waals surface area contributed by atoms with Gasteiger partial charge in [0, 0.05) is 6.42 Å². The molecule has 0 aliphatic carbocycles. The number of aliphatic hydroxyl groups is 1. The fraction of sp³-hybridized carbons (Fsp3) is 0.333. The van der Waals surface area contributed by atoms with Gasteiger partial charge in [-0.05, 0) is 29.2 Å². The fourth-order valence-electron chi connectivity index (χ4n) is 2.82. The van der Waals surface area contributed by atoms with E-state index in [4.69, 9.17) is 4.74 Å². The molecule has 104 valence electrons. The van der Waals surface area contributed by atoms with Crippen molar-refractivity contribution in [2.45, 2.75) is 38.4 Å². The first kappa shape index (κ1) is 13.2. The first-order valence-electron chi connectivity index (χ1n) is 7.29. The van der Waals surface area contributed by atoms with Crippen molar-refractivity contribution in [3.8, 4) is 5.75 Å². The average molecular weight is 268 g/mol. The molecule has 2 aromatic carbocycles. The summed E-state index contributed by atoms with van der Waals surface area (Å²) in [6.07, 6.45) is 2.19. The molecule has 2 atom stereocenters. The standard InChI is InChI=1S/C18H20O2/c1-2-6-13-7-5-9-15(11-13)18(19)17-12-14-8-3-4-10-16(14)20-17/h3-5,7-11,17-19H,2,6,12H2,1H3. The summed E-state index contributed by atoms with van der Waals surface area (Å²) in [6.45, 7) is 2.17. The van der Waals surface area contributed by atoms with Gasteiger partial charge >= 0.3 is 0 Å². The van der Waals surface area contributed by atoms with Crippen LogP contribution in [0.2, 0.25) is 0 Å². The Morgan fingerprint density at radius 2 is 2.05 bits per heavy atom. The molecular weight excluding hydrogens is 248 g/mol. The van der Waals surface area contributed by atoms with E-state index in [9.17, 15) is 5.11 Å². The van der Waals surface area contributed by atoms with Crippen LogP contribution < -0.4 is 4.74 Å². The number of aliphatic hydroxyl groups excluding tert-OH is 1. The van der Waals surface area contributed by atoms with Crippen molar-refractivity contribution in [3.63, 3.8) is 0 Å². The van der Waals surface area contributed by atoms with E-state index in [1.54, 1.807) is 0 Å². The Hall–Kier alpha value is -1.80. The normalized spacial score (nSPS) is 18.4. The third kappa shape index (κ3) is 2.56. The van der Waals surface area contributed by atoms with Crippen LogP contribution in [0, 0.1) is 0 Å². The van der Waals surface area contributed by atoms with Crippen LogP contribution >= 0.6 is 0 Å². The van der Waals surface area contributed by atoms with Gasteiger partial charge < -0.3 is 9.84 Å². The summed E-state index contributed by atoms with van der Waals surface area (Å²) < 4.78 is 5.87. The van der Waals surface area contributed by atoms with E-state index >= 15 is 0 Å². The van der Waals surface area contributed by atoms with E-state index < -0.39 is 6.10 Å². The van der Waals surface area contributed by atoms with E-state index in [0.717, 1.165) is 30.6 Å². The second-order valence-electron chi connectivity index (χ2n) is 5.41. The Labute approximate surface area is 120 Å². The van der Waals surface area contributed by atoms with Crippen molar-refractivity contribution in [1.29, 1.82) is 0 Å². The molecule has 1 N–H and O–H groups in total. The second-order valence-corrected chi connectivity index (χ2v) is 5.41. The minimum Gasteiger partial charge on any atom is -0.487 e. The maximum absolute atomic E-state index is 10.6. The molecule has 1 heterocycles. The largest absolute Gasteiger partial charge is 0.487 e. The lowest BCUT2D eigenvalue weighted by Crippen LogP contribution is -2.23. The van der Waals surface area contributed by atoms with Gasteiger partial charge in [0.1, 0.15) is 18.0 Å². The maximum Gasteiger partial charge on any atom is 0.133 e. The summed E-state index contributed by atoms with van der Waals surface area (Å²) >= 11 is 0. The van der Waals surface area contributed by atoms with Crippen molar-refractivity contribution < 1.29 is 9.84 Å². The van der Waals surface area contributed by atoms with Crippen molar-refractivity contribution in [1.82, 2.24) is 0 Å². The summed E-state index contributed by atoms with van der Waals surface area (Å²) in [5, 5.41) is 10.6. The van der Waals surface area contributed by atoms with E-state index in [1.165, 1.54) is 11.1 Å². The van der Waals surface area contributed by atoms with E-state index in [2.05, 4.69) is 25.1 Å². The molecule has 0 amide bonds. The third-order valence-corrected chi connectivity index (χ3v) is 3.86. The van der Waals surface area contributed by atoms with Gasteiger partial charge in [-0.2, -0.15) is 0 Å². The first-order valence-corrected chi connectivity index (χ1v) is 7.29. The van der Waals surface area contributed by atoms with Crippen LogP contribution in [0.3, 0.4) is 0 Å². The minimum absolute atomic E-state index is 0.177. The highest BCUT2D eigenvalue weighted by Gasteiger charge is 2.29. The Bertz CT molecular complexity index is 566. The van der Waals surface area contributed by atoms with Crippen molar-refractivity contribution in [2.75, 3.05) is 0 Å². The third-order valence-electron chi connectivity index (χ3n) is 3.86. The summed E-state index contributed by atoms with van der Waals surface area (Å²) in [7, 11) is 0. The zero-order chi connectivity index (χ0) is 13.9. The van der Waals surface area contributed by atoms with Gasteiger partial charge in [-0.3, -0.25) is 0 Å². The predicted molar refractivity (Wildman–Crippen MR) is 80.0 cm³/mol. The highest BCUT2D eigenvalue weighted by atomic mass is 16.5. The highest BCUT2D eigenvalue weighted by Crippen LogP contribution is 2.34. The minimum atomic E-state index is -0.570. The van der Waals surface area contributed by atoms with Gasteiger partial charge in [0.25, 0.3) is 0 Å². The van der Waals surface area contributed by atoms with Gasteiger partial charge in [-0.25, -0.2) is 0 Å². The summed E-state index contributed by atoms with van der Waals surface area (Å²) in [4.78, 5) is 0. The van der Waals surface area contributed by atoms with Gasteiger partial charge in [-0.1, -0.05) is 55.8 Å². The molecule has 1 aliphatic rings. The molecular formula is C18H20O2. The lowest BCUT2D eigenvalue weighted by molar-refractivity contribution is 0.0491. The molecule has 0 saturated heterocycles. The number of aryl methyl sites for hydroxylation is 1.